The summed E-state index contributed by atoms with van der Waals surface area (Å²) in [4.78, 5) is 40.3. The first-order valence-corrected chi connectivity index (χ1v) is 15.4. The van der Waals surface area contributed by atoms with Gasteiger partial charge in [0.05, 0.1) is 32.7 Å². The highest BCUT2D eigenvalue weighted by atomic mass is 35.5. The van der Waals surface area contributed by atoms with E-state index in [0.717, 1.165) is 11.6 Å². The van der Waals surface area contributed by atoms with Crippen LogP contribution in [0.3, 0.4) is 0 Å². The Morgan fingerprint density at radius 2 is 1.85 bits per heavy atom. The van der Waals surface area contributed by atoms with E-state index >= 15 is 0 Å². The number of furan rings is 1. The number of aliphatic carboxylic acids is 1. The van der Waals surface area contributed by atoms with E-state index in [4.69, 9.17) is 27.6 Å². The number of carbonyl (C=O) groups is 3. The minimum absolute atomic E-state index is 0.0475. The van der Waals surface area contributed by atoms with Crippen LogP contribution in [0.1, 0.15) is 43.8 Å². The molecule has 41 heavy (non-hydrogen) atoms. The monoisotopic (exact) mass is 613 g/mol. The van der Waals surface area contributed by atoms with Crippen molar-refractivity contribution >= 4 is 61.7 Å². The number of benzene rings is 3. The molecule has 0 unspecified atom stereocenters. The molecule has 3 aromatic carbocycles. The molecule has 8 nitrogen and oxygen atoms in total. The van der Waals surface area contributed by atoms with E-state index in [2.05, 4.69) is 0 Å². The minimum Gasteiger partial charge on any atom is -0.481 e. The summed E-state index contributed by atoms with van der Waals surface area (Å²) in [5.41, 5.74) is 3.03. The van der Waals surface area contributed by atoms with Crippen LogP contribution in [0.25, 0.3) is 11.0 Å². The fourth-order valence-corrected chi connectivity index (χ4v) is 6.61. The molecule has 2 heterocycles. The average Bonchev–Trinajstić information content (AvgIpc) is 3.39. The van der Waals surface area contributed by atoms with Crippen molar-refractivity contribution in [1.82, 2.24) is 4.90 Å². The van der Waals surface area contributed by atoms with Gasteiger partial charge in [-0.15, -0.1) is 0 Å². The number of carboxylic acid groups (broad SMARTS) is 1. The van der Waals surface area contributed by atoms with Crippen molar-refractivity contribution in [2.45, 2.75) is 30.7 Å². The molecule has 1 amide bonds. The van der Waals surface area contributed by atoms with Gasteiger partial charge < -0.3 is 14.4 Å². The Kier molecular flexibility index (Phi) is 7.96. The van der Waals surface area contributed by atoms with Crippen LogP contribution in [0.4, 0.5) is 0 Å². The van der Waals surface area contributed by atoms with Gasteiger partial charge in [0, 0.05) is 36.7 Å². The maximum atomic E-state index is 13.3. The number of halogens is 2. The first-order chi connectivity index (χ1) is 19.4. The van der Waals surface area contributed by atoms with Gasteiger partial charge in [0.25, 0.3) is 5.91 Å². The normalized spacial score (nSPS) is 14.1. The molecule has 0 saturated heterocycles. The van der Waals surface area contributed by atoms with Gasteiger partial charge >= 0.3 is 5.97 Å². The summed E-state index contributed by atoms with van der Waals surface area (Å²) in [5, 5.41) is 11.0. The Labute approximate surface area is 246 Å². The van der Waals surface area contributed by atoms with E-state index in [1.807, 2.05) is 12.1 Å². The lowest BCUT2D eigenvalue weighted by molar-refractivity contribution is -0.141. The third-order valence-electron chi connectivity index (χ3n) is 7.26. The second-order valence-electron chi connectivity index (χ2n) is 10.1. The minimum atomic E-state index is -3.48. The lowest BCUT2D eigenvalue weighted by Crippen LogP contribution is -2.36. The molecule has 0 fully saturated rings. The van der Waals surface area contributed by atoms with Gasteiger partial charge in [-0.1, -0.05) is 41.4 Å². The molecule has 1 aliphatic heterocycles. The van der Waals surface area contributed by atoms with Gasteiger partial charge in [-0.25, -0.2) is 8.42 Å². The van der Waals surface area contributed by atoms with Crippen molar-refractivity contribution in [3.8, 4) is 0 Å². The van der Waals surface area contributed by atoms with Crippen LogP contribution in [0.5, 0.6) is 0 Å². The molecule has 1 N–H and O–H groups in total. The van der Waals surface area contributed by atoms with Crippen molar-refractivity contribution < 1.29 is 32.3 Å². The van der Waals surface area contributed by atoms with Crippen molar-refractivity contribution in [3.05, 3.63) is 98.7 Å². The van der Waals surface area contributed by atoms with Crippen LogP contribution in [-0.4, -0.2) is 48.9 Å². The summed E-state index contributed by atoms with van der Waals surface area (Å²) >= 11 is 13.2. The average molecular weight is 615 g/mol. The maximum absolute atomic E-state index is 13.3. The fourth-order valence-electron chi connectivity index (χ4n) is 5.11. The van der Waals surface area contributed by atoms with E-state index in [-0.39, 0.29) is 45.8 Å². The predicted molar refractivity (Wildman–Crippen MR) is 154 cm³/mol. The predicted octanol–water partition coefficient (Wildman–Crippen LogP) is 5.86. The number of sulfone groups is 1. The SMILES string of the molecule is CS(=O)(=O)c1cccc(C[C@H](CC(=O)c2c(Cl)cc3c(c2Cl)CCN(C(=O)c2ccc4ccoc4c2)C3)C(=O)O)c1. The van der Waals surface area contributed by atoms with Crippen LogP contribution >= 0.6 is 23.2 Å². The van der Waals surface area contributed by atoms with Crippen molar-refractivity contribution in [2.24, 2.45) is 5.92 Å². The molecule has 1 aliphatic rings. The highest BCUT2D eigenvalue weighted by Gasteiger charge is 2.30. The van der Waals surface area contributed by atoms with Crippen LogP contribution < -0.4 is 0 Å². The highest BCUT2D eigenvalue weighted by molar-refractivity contribution is 7.90. The number of hydrogen-bond acceptors (Lipinski definition) is 6. The quantitative estimate of drug-likeness (QED) is 0.247. The molecule has 11 heteroatoms. The molecule has 1 atom stereocenters. The summed E-state index contributed by atoms with van der Waals surface area (Å²) in [5.74, 6) is -3.03. The molecule has 0 spiro atoms. The fraction of sp³-hybridized carbons (Fsp3) is 0.233. The van der Waals surface area contributed by atoms with Gasteiger partial charge in [-0.2, -0.15) is 0 Å². The standard InChI is InChI=1S/C30H25Cl2NO7S/c1-41(38,39)22-4-2-3-17(12-22)11-20(30(36)37)14-25(34)27-24(31)13-21-16-33(9-7-23(21)28(27)32)29(35)19-6-5-18-8-10-40-26(18)15-19/h2-6,8,10,12-13,15,20H,7,9,11,14,16H2,1H3,(H,36,37)/t20-/m1/s1. The zero-order valence-corrected chi connectivity index (χ0v) is 24.2. The second-order valence-corrected chi connectivity index (χ2v) is 12.9. The van der Waals surface area contributed by atoms with Gasteiger partial charge in [-0.3, -0.25) is 14.4 Å². The maximum Gasteiger partial charge on any atom is 0.307 e. The lowest BCUT2D eigenvalue weighted by atomic mass is 9.89. The molecule has 0 bridgehead atoms. The summed E-state index contributed by atoms with van der Waals surface area (Å²) in [7, 11) is -3.48. The van der Waals surface area contributed by atoms with E-state index in [1.165, 1.54) is 18.2 Å². The Morgan fingerprint density at radius 3 is 2.59 bits per heavy atom. The Morgan fingerprint density at radius 1 is 1.07 bits per heavy atom. The topological polar surface area (TPSA) is 122 Å². The Hall–Kier alpha value is -3.66. The molecular formula is C30H25Cl2NO7S. The lowest BCUT2D eigenvalue weighted by Gasteiger charge is -2.30. The van der Waals surface area contributed by atoms with Crippen LogP contribution in [0.2, 0.25) is 10.0 Å². The number of amides is 1. The van der Waals surface area contributed by atoms with Crippen molar-refractivity contribution in [3.63, 3.8) is 0 Å². The molecular weight excluding hydrogens is 589 g/mol. The molecule has 1 aromatic heterocycles. The molecule has 4 aromatic rings. The van der Waals surface area contributed by atoms with E-state index in [1.54, 1.807) is 35.4 Å². The van der Waals surface area contributed by atoms with E-state index < -0.39 is 27.5 Å². The second kappa shape index (κ2) is 11.3. The smallest absolute Gasteiger partial charge is 0.307 e. The number of carbonyl (C=O) groups excluding carboxylic acids is 2. The van der Waals surface area contributed by atoms with Gasteiger partial charge in [0.1, 0.15) is 5.58 Å². The summed E-state index contributed by atoms with van der Waals surface area (Å²) < 4.78 is 29.2. The number of ketones is 1. The highest BCUT2D eigenvalue weighted by Crippen LogP contribution is 2.36. The van der Waals surface area contributed by atoms with Gasteiger partial charge in [0.2, 0.25) is 0 Å². The molecule has 5 rings (SSSR count). The Balaban J connectivity index is 1.35. The van der Waals surface area contributed by atoms with Crippen LogP contribution in [0, 0.1) is 5.92 Å². The van der Waals surface area contributed by atoms with Gasteiger partial charge in [-0.05, 0) is 65.9 Å². The summed E-state index contributed by atoms with van der Waals surface area (Å²) in [6, 6.07) is 14.7. The third-order valence-corrected chi connectivity index (χ3v) is 9.09. The summed E-state index contributed by atoms with van der Waals surface area (Å²) in [6.45, 7) is 0.609. The van der Waals surface area contributed by atoms with Crippen molar-refractivity contribution in [2.75, 3.05) is 12.8 Å². The molecule has 0 saturated carbocycles. The zero-order chi connectivity index (χ0) is 29.5. The van der Waals surface area contributed by atoms with Crippen molar-refractivity contribution in [1.29, 1.82) is 0 Å². The van der Waals surface area contributed by atoms with Crippen LogP contribution in [-0.2, 0) is 34.0 Å². The number of rotatable bonds is 8. The largest absolute Gasteiger partial charge is 0.481 e. The first-order valence-electron chi connectivity index (χ1n) is 12.7. The van der Waals surface area contributed by atoms with Gasteiger partial charge in [0.15, 0.2) is 15.6 Å². The zero-order valence-electron chi connectivity index (χ0n) is 21.9. The number of carboxylic acids is 1. The number of hydrogen-bond donors (Lipinski definition) is 1. The molecule has 0 radical (unpaired) electrons. The number of Topliss-reactive ketones (excluding diaryl/α,β-unsaturated/α-hetero) is 1. The molecule has 0 aliphatic carbocycles. The van der Waals surface area contributed by atoms with E-state index in [9.17, 15) is 27.9 Å². The van der Waals surface area contributed by atoms with E-state index in [0.29, 0.717) is 40.8 Å². The van der Waals surface area contributed by atoms with Crippen LogP contribution in [0.15, 0.2) is 70.2 Å². The Bertz CT molecular complexity index is 1810. The molecule has 212 valence electrons. The third kappa shape index (κ3) is 6.02. The number of fused-ring (bicyclic) bond motifs is 2. The summed E-state index contributed by atoms with van der Waals surface area (Å²) in [6.07, 6.45) is 2.59. The first kappa shape index (κ1) is 28.9. The number of nitrogens with zero attached hydrogens (tertiary/aromatic N) is 1.